The highest BCUT2D eigenvalue weighted by Gasteiger charge is 2.15. The van der Waals surface area contributed by atoms with E-state index in [0.29, 0.717) is 45.3 Å². The van der Waals surface area contributed by atoms with Crippen LogP contribution in [0, 0.1) is 18.6 Å². The number of rotatable bonds is 5. The van der Waals surface area contributed by atoms with Gasteiger partial charge in [-0.2, -0.15) is 0 Å². The Kier molecular flexibility index (Phi) is 5.18. The van der Waals surface area contributed by atoms with Gasteiger partial charge in [-0.3, -0.25) is 4.98 Å². The van der Waals surface area contributed by atoms with Gasteiger partial charge in [0.05, 0.1) is 19.7 Å². The summed E-state index contributed by atoms with van der Waals surface area (Å²) in [5, 5.41) is 0.687. The molecular weight excluding hydrogens is 390 g/mol. The lowest BCUT2D eigenvalue weighted by Crippen LogP contribution is -1.96. The maximum atomic E-state index is 13.8. The van der Waals surface area contributed by atoms with Crippen LogP contribution in [0.1, 0.15) is 5.69 Å². The molecule has 0 aliphatic rings. The van der Waals surface area contributed by atoms with Gasteiger partial charge in [-0.05, 0) is 43.3 Å². The molecule has 0 bridgehead atoms. The lowest BCUT2D eigenvalue weighted by molar-refractivity contribution is 0.355. The first-order valence-electron chi connectivity index (χ1n) is 9.11. The van der Waals surface area contributed by atoms with Crippen molar-refractivity contribution < 1.29 is 23.0 Å². The molecule has 2 heterocycles. The van der Waals surface area contributed by atoms with E-state index in [0.717, 1.165) is 6.07 Å². The number of aromatic nitrogens is 2. The lowest BCUT2D eigenvalue weighted by Gasteiger charge is -2.14. The zero-order valence-electron chi connectivity index (χ0n) is 16.6. The minimum absolute atomic E-state index is 0.281. The molecule has 0 aliphatic carbocycles. The average molecular weight is 408 g/mol. The van der Waals surface area contributed by atoms with E-state index < -0.39 is 11.6 Å². The first kappa shape index (κ1) is 19.6. The molecule has 0 amide bonds. The largest absolute Gasteiger partial charge is 0.493 e. The zero-order valence-corrected chi connectivity index (χ0v) is 16.6. The molecule has 0 spiro atoms. The monoisotopic (exact) mass is 408 g/mol. The van der Waals surface area contributed by atoms with E-state index in [1.165, 1.54) is 12.1 Å². The molecule has 7 heteroatoms. The van der Waals surface area contributed by atoms with Crippen LogP contribution in [0.2, 0.25) is 0 Å². The minimum Gasteiger partial charge on any atom is -0.493 e. The number of fused-ring (bicyclic) bond motifs is 1. The molecule has 5 nitrogen and oxygen atoms in total. The Balaban J connectivity index is 1.85. The predicted molar refractivity (Wildman–Crippen MR) is 109 cm³/mol. The molecule has 0 saturated heterocycles. The normalized spacial score (nSPS) is 10.8. The second kappa shape index (κ2) is 7.94. The highest BCUT2D eigenvalue weighted by Crippen LogP contribution is 2.39. The van der Waals surface area contributed by atoms with Crippen molar-refractivity contribution in [2.24, 2.45) is 0 Å². The quantitative estimate of drug-likeness (QED) is 0.424. The van der Waals surface area contributed by atoms with Crippen molar-refractivity contribution in [2.75, 3.05) is 14.2 Å². The molecule has 2 aromatic carbocycles. The Morgan fingerprint density at radius 2 is 1.47 bits per heavy atom. The van der Waals surface area contributed by atoms with Crippen molar-refractivity contribution >= 4 is 10.9 Å². The number of ether oxygens (including phenoxy) is 3. The Labute approximate surface area is 171 Å². The Hall–Kier alpha value is -3.74. The summed E-state index contributed by atoms with van der Waals surface area (Å²) in [6.07, 6.45) is 1.60. The van der Waals surface area contributed by atoms with Crippen molar-refractivity contribution in [1.29, 1.82) is 0 Å². The van der Waals surface area contributed by atoms with Crippen molar-refractivity contribution in [3.63, 3.8) is 0 Å². The third-order valence-electron chi connectivity index (χ3n) is 4.56. The molecule has 152 valence electrons. The van der Waals surface area contributed by atoms with Crippen LogP contribution < -0.4 is 14.2 Å². The van der Waals surface area contributed by atoms with E-state index in [-0.39, 0.29) is 5.56 Å². The van der Waals surface area contributed by atoms with Crippen LogP contribution in [0.25, 0.3) is 22.2 Å². The fraction of sp³-hybridized carbons (Fsp3) is 0.130. The van der Waals surface area contributed by atoms with E-state index in [4.69, 9.17) is 14.2 Å². The Morgan fingerprint density at radius 3 is 2.17 bits per heavy atom. The van der Waals surface area contributed by atoms with Crippen LogP contribution in [0.15, 0.2) is 54.7 Å². The van der Waals surface area contributed by atoms with Gasteiger partial charge in [0.1, 0.15) is 23.1 Å². The Morgan fingerprint density at radius 1 is 0.767 bits per heavy atom. The van der Waals surface area contributed by atoms with Crippen LogP contribution in [-0.4, -0.2) is 24.2 Å². The van der Waals surface area contributed by atoms with Gasteiger partial charge in [-0.15, -0.1) is 0 Å². The highest BCUT2D eigenvalue weighted by molar-refractivity contribution is 5.88. The van der Waals surface area contributed by atoms with Gasteiger partial charge in [0.15, 0.2) is 17.2 Å². The van der Waals surface area contributed by atoms with Gasteiger partial charge in [0.25, 0.3) is 0 Å². The summed E-state index contributed by atoms with van der Waals surface area (Å²) in [6, 6.07) is 11.9. The van der Waals surface area contributed by atoms with E-state index in [2.05, 4.69) is 9.97 Å². The highest BCUT2D eigenvalue weighted by atomic mass is 19.1. The third kappa shape index (κ3) is 3.74. The molecule has 30 heavy (non-hydrogen) atoms. The molecule has 0 aliphatic heterocycles. The maximum Gasteiger partial charge on any atom is 0.162 e. The van der Waals surface area contributed by atoms with Crippen molar-refractivity contribution in [3.05, 3.63) is 72.1 Å². The second-order valence-electron chi connectivity index (χ2n) is 6.59. The first-order chi connectivity index (χ1) is 14.5. The lowest BCUT2D eigenvalue weighted by atomic mass is 10.1. The standard InChI is InChI=1S/C23H18F2N2O3/c1-13-4-5-20(23(27-13)14-8-15(24)10-16(25)9-14)30-19-6-7-26-18-12-22(29-3)21(28-2)11-17(18)19/h4-12H,1-3H3. The SMILES string of the molecule is COc1cc2nccc(Oc3ccc(C)nc3-c3cc(F)cc(F)c3)c2cc1OC. The second-order valence-corrected chi connectivity index (χ2v) is 6.59. The van der Waals surface area contributed by atoms with Gasteiger partial charge >= 0.3 is 0 Å². The van der Waals surface area contributed by atoms with Crippen LogP contribution in [0.5, 0.6) is 23.0 Å². The zero-order chi connectivity index (χ0) is 21.3. The van der Waals surface area contributed by atoms with Crippen LogP contribution >= 0.6 is 0 Å². The first-order valence-corrected chi connectivity index (χ1v) is 9.11. The molecule has 0 N–H and O–H groups in total. The van der Waals surface area contributed by atoms with Gasteiger partial charge < -0.3 is 14.2 Å². The molecular formula is C23H18F2N2O3. The van der Waals surface area contributed by atoms with E-state index in [9.17, 15) is 8.78 Å². The number of aryl methyl sites for hydroxylation is 1. The van der Waals surface area contributed by atoms with Crippen LogP contribution in [0.3, 0.4) is 0 Å². The molecule has 0 saturated carbocycles. The van der Waals surface area contributed by atoms with Crippen LogP contribution in [0.4, 0.5) is 8.78 Å². The molecule has 0 atom stereocenters. The maximum absolute atomic E-state index is 13.8. The minimum atomic E-state index is -0.689. The summed E-state index contributed by atoms with van der Waals surface area (Å²) < 4.78 is 44.4. The van der Waals surface area contributed by atoms with E-state index in [1.807, 2.05) is 0 Å². The van der Waals surface area contributed by atoms with Gasteiger partial charge in [-0.25, -0.2) is 13.8 Å². The third-order valence-corrected chi connectivity index (χ3v) is 4.56. The predicted octanol–water partition coefficient (Wildman–Crippen LogP) is 5.69. The van der Waals surface area contributed by atoms with E-state index in [1.54, 1.807) is 57.7 Å². The number of pyridine rings is 2. The molecule has 4 aromatic rings. The number of nitrogens with zero attached hydrogens (tertiary/aromatic N) is 2. The van der Waals surface area contributed by atoms with Crippen molar-refractivity contribution in [2.45, 2.75) is 6.92 Å². The molecule has 0 fully saturated rings. The number of halogens is 2. The summed E-state index contributed by atoms with van der Waals surface area (Å²) in [6.45, 7) is 1.79. The summed E-state index contributed by atoms with van der Waals surface area (Å²) in [7, 11) is 3.09. The van der Waals surface area contributed by atoms with Crippen LogP contribution in [-0.2, 0) is 0 Å². The summed E-state index contributed by atoms with van der Waals surface area (Å²) >= 11 is 0. The smallest absolute Gasteiger partial charge is 0.162 e. The van der Waals surface area contributed by atoms with Gasteiger partial charge in [0.2, 0.25) is 0 Å². The van der Waals surface area contributed by atoms with Gasteiger partial charge in [-0.1, -0.05) is 0 Å². The summed E-state index contributed by atoms with van der Waals surface area (Å²) in [5.41, 5.74) is 1.94. The number of benzene rings is 2. The molecule has 0 unspecified atom stereocenters. The molecule has 2 aromatic heterocycles. The summed E-state index contributed by atoms with van der Waals surface area (Å²) in [4.78, 5) is 8.80. The van der Waals surface area contributed by atoms with E-state index >= 15 is 0 Å². The fourth-order valence-electron chi connectivity index (χ4n) is 3.18. The molecule has 4 rings (SSSR count). The average Bonchev–Trinajstić information content (AvgIpc) is 2.73. The van der Waals surface area contributed by atoms with Gasteiger partial charge in [0, 0.05) is 35.0 Å². The number of methoxy groups -OCH3 is 2. The number of hydrogen-bond acceptors (Lipinski definition) is 5. The number of hydrogen-bond donors (Lipinski definition) is 0. The topological polar surface area (TPSA) is 53.5 Å². The Bertz CT molecular complexity index is 1220. The van der Waals surface area contributed by atoms with Crippen molar-refractivity contribution in [1.82, 2.24) is 9.97 Å². The van der Waals surface area contributed by atoms with Crippen molar-refractivity contribution in [3.8, 4) is 34.3 Å². The fourth-order valence-corrected chi connectivity index (χ4v) is 3.18. The summed E-state index contributed by atoms with van der Waals surface area (Å²) in [5.74, 6) is 0.536. The molecule has 0 radical (unpaired) electrons.